The van der Waals surface area contributed by atoms with Gasteiger partial charge in [-0.15, -0.1) is 0 Å². The first kappa shape index (κ1) is 49.6. The number of amides is 4. The zero-order chi connectivity index (χ0) is 46.2. The molecule has 1 fully saturated rings. The van der Waals surface area contributed by atoms with Crippen LogP contribution in [0.25, 0.3) is 0 Å². The largest absolute Gasteiger partial charge is 0.508 e. The van der Waals surface area contributed by atoms with Crippen LogP contribution in [0.5, 0.6) is 5.75 Å². The SMILES string of the molecule is CC(=O)CCC1C(=O)NC(C(C)C)C(=O)NC(Cc2cc(O)cc(F)c2)C(=O)N2CCCC(N2)C(=O)OC(C(C)=CC=CC(=O)Nc2ccccn2)CC=CC=CC(O)C(C)C1O. The van der Waals surface area contributed by atoms with Crippen molar-refractivity contribution in [2.45, 2.75) is 110 Å². The monoisotopic (exact) mass is 874 g/mol. The Labute approximate surface area is 366 Å². The molecule has 7 N–H and O–H groups in total. The number of pyridine rings is 1. The summed E-state index contributed by atoms with van der Waals surface area (Å²) in [5.74, 6) is -7.14. The van der Waals surface area contributed by atoms with E-state index >= 15 is 0 Å². The van der Waals surface area contributed by atoms with Gasteiger partial charge in [0.1, 0.15) is 47.4 Å². The van der Waals surface area contributed by atoms with Crippen molar-refractivity contribution in [1.82, 2.24) is 26.1 Å². The number of cyclic esters (lactones) is 1. The van der Waals surface area contributed by atoms with Crippen LogP contribution in [0.1, 0.15) is 72.3 Å². The molecule has 0 aliphatic carbocycles. The van der Waals surface area contributed by atoms with Gasteiger partial charge in [0.2, 0.25) is 17.7 Å². The Morgan fingerprint density at radius 2 is 1.83 bits per heavy atom. The summed E-state index contributed by atoms with van der Waals surface area (Å²) in [7, 11) is 0. The minimum absolute atomic E-state index is 0.0657. The molecule has 2 aliphatic rings. The van der Waals surface area contributed by atoms with E-state index in [9.17, 15) is 48.5 Å². The smallest absolute Gasteiger partial charge is 0.325 e. The average molecular weight is 875 g/mol. The summed E-state index contributed by atoms with van der Waals surface area (Å²) in [6, 6.07) is 4.64. The van der Waals surface area contributed by atoms with Crippen LogP contribution in [-0.4, -0.2) is 104 Å². The molecule has 1 aromatic heterocycles. The van der Waals surface area contributed by atoms with Gasteiger partial charge in [-0.1, -0.05) is 63.3 Å². The number of nitrogens with one attached hydrogen (secondary N) is 4. The number of phenolic OH excluding ortho intramolecular Hbond substituents is 1. The lowest BCUT2D eigenvalue weighted by Gasteiger charge is -2.36. The van der Waals surface area contributed by atoms with E-state index in [0.717, 1.165) is 12.1 Å². The Hall–Kier alpha value is -6.04. The molecule has 4 amide bonds. The highest BCUT2D eigenvalue weighted by atomic mass is 19.1. The number of benzene rings is 1. The lowest BCUT2D eigenvalue weighted by Crippen LogP contribution is -2.62. The summed E-state index contributed by atoms with van der Waals surface area (Å²) in [4.78, 5) is 84.8. The molecule has 0 saturated carbocycles. The predicted molar refractivity (Wildman–Crippen MR) is 231 cm³/mol. The Bertz CT molecular complexity index is 2040. The highest BCUT2D eigenvalue weighted by molar-refractivity contribution is 5.98. The maximum Gasteiger partial charge on any atom is 0.325 e. The van der Waals surface area contributed by atoms with Gasteiger partial charge in [0.25, 0.3) is 5.91 Å². The molecule has 0 spiro atoms. The first-order chi connectivity index (χ1) is 29.9. The molecule has 2 bridgehead atoms. The van der Waals surface area contributed by atoms with Gasteiger partial charge in [0.05, 0.1) is 18.1 Å². The van der Waals surface area contributed by atoms with Crippen LogP contribution in [0.3, 0.4) is 0 Å². The number of aliphatic hydroxyl groups is 2. The second kappa shape index (κ2) is 24.0. The van der Waals surface area contributed by atoms with Gasteiger partial charge < -0.3 is 40.8 Å². The Morgan fingerprint density at radius 1 is 1.06 bits per heavy atom. The standard InChI is InChI=1S/C46H59FN6O10/c1-27(2)41-44(60)49-36(25-31-23-32(47)26-33(55)24-31)45(61)53-22-12-14-35(52-53)46(62)63-38(28(3)13-11-18-40(57)50-39-17-9-10-21-48-39)16-8-6-7-15-37(56)30(5)42(58)34(43(59)51-41)20-19-29(4)54/h6-11,13,15,17-18,21,23-24,26-27,30,34-38,41-42,52,55-56,58H,12,14,16,19-20,22,25H2,1-5H3,(H,49,60)(H,51,59)(H,48,50,57). The maximum absolute atomic E-state index is 14.5. The number of ether oxygens (including phenoxy) is 1. The lowest BCUT2D eigenvalue weighted by atomic mass is 9.84. The third kappa shape index (κ3) is 15.4. The zero-order valence-corrected chi connectivity index (χ0v) is 36.2. The number of hydrazine groups is 1. The van der Waals surface area contributed by atoms with E-state index in [-0.39, 0.29) is 50.0 Å². The van der Waals surface area contributed by atoms with Gasteiger partial charge in [-0.3, -0.25) is 29.0 Å². The number of ketones is 1. The molecule has 63 heavy (non-hydrogen) atoms. The number of fused-ring (bicyclic) bond motifs is 2. The number of carbonyl (C=O) groups is 6. The number of esters is 1. The fourth-order valence-corrected chi connectivity index (χ4v) is 7.11. The summed E-state index contributed by atoms with van der Waals surface area (Å²) in [5, 5.41) is 41.9. The van der Waals surface area contributed by atoms with Gasteiger partial charge in [-0.2, -0.15) is 0 Å². The minimum atomic E-state index is -1.47. The van der Waals surface area contributed by atoms with Crippen LogP contribution in [0.2, 0.25) is 0 Å². The van der Waals surface area contributed by atoms with E-state index in [2.05, 4.69) is 26.4 Å². The van der Waals surface area contributed by atoms with Crippen molar-refractivity contribution in [2.75, 3.05) is 11.9 Å². The molecule has 16 nitrogen and oxygen atoms in total. The number of aromatic nitrogens is 1. The van der Waals surface area contributed by atoms with Gasteiger partial charge in [-0.25, -0.2) is 14.8 Å². The van der Waals surface area contributed by atoms with Crippen LogP contribution < -0.4 is 21.4 Å². The Morgan fingerprint density at radius 3 is 2.51 bits per heavy atom. The summed E-state index contributed by atoms with van der Waals surface area (Å²) >= 11 is 0. The van der Waals surface area contributed by atoms with Crippen LogP contribution in [0.15, 0.2) is 90.7 Å². The lowest BCUT2D eigenvalue weighted by molar-refractivity contribution is -0.156. The number of phenols is 1. The fraction of sp³-hybridized carbons (Fsp3) is 0.457. The summed E-state index contributed by atoms with van der Waals surface area (Å²) in [5.41, 5.74) is 3.66. The van der Waals surface area contributed by atoms with Crippen LogP contribution in [0, 0.1) is 23.6 Å². The summed E-state index contributed by atoms with van der Waals surface area (Å²) in [6.45, 7) is 8.03. The van der Waals surface area contributed by atoms with Crippen molar-refractivity contribution in [3.05, 3.63) is 102 Å². The van der Waals surface area contributed by atoms with Crippen molar-refractivity contribution in [1.29, 1.82) is 0 Å². The molecule has 3 heterocycles. The predicted octanol–water partition coefficient (Wildman–Crippen LogP) is 3.50. The number of allylic oxidation sites excluding steroid dienone is 4. The first-order valence-corrected chi connectivity index (χ1v) is 21.1. The molecule has 8 unspecified atom stereocenters. The Kier molecular flexibility index (Phi) is 18.9. The fourth-order valence-electron chi connectivity index (χ4n) is 7.11. The number of Topliss-reactive ketones (excluding diaryl/α,β-unsaturated/α-hetero) is 1. The zero-order valence-electron chi connectivity index (χ0n) is 36.2. The number of aliphatic hydroxyl groups excluding tert-OH is 2. The van der Waals surface area contributed by atoms with Crippen molar-refractivity contribution >= 4 is 41.2 Å². The number of hydrogen-bond acceptors (Lipinski definition) is 12. The quantitative estimate of drug-likeness (QED) is 0.103. The number of halogens is 1. The second-order valence-electron chi connectivity index (χ2n) is 16.3. The number of anilines is 1. The molecule has 4 rings (SSSR count). The third-order valence-corrected chi connectivity index (χ3v) is 10.8. The van der Waals surface area contributed by atoms with Crippen molar-refractivity contribution in [2.24, 2.45) is 17.8 Å². The van der Waals surface area contributed by atoms with E-state index < -0.39 is 95.4 Å². The van der Waals surface area contributed by atoms with E-state index in [1.807, 2.05) is 0 Å². The molecular weight excluding hydrogens is 816 g/mol. The molecule has 1 saturated heterocycles. The van der Waals surface area contributed by atoms with Crippen LogP contribution in [-0.2, 0) is 39.9 Å². The Balaban J connectivity index is 1.71. The molecule has 1 aromatic carbocycles. The third-order valence-electron chi connectivity index (χ3n) is 10.8. The molecular formula is C46H59FN6O10. The number of hydrogen-bond donors (Lipinski definition) is 7. The van der Waals surface area contributed by atoms with Crippen molar-refractivity contribution in [3.8, 4) is 5.75 Å². The van der Waals surface area contributed by atoms with Gasteiger partial charge >= 0.3 is 5.97 Å². The van der Waals surface area contributed by atoms with Gasteiger partial charge in [0.15, 0.2) is 0 Å². The number of aromatic hydroxyl groups is 1. The van der Waals surface area contributed by atoms with E-state index in [1.165, 1.54) is 55.4 Å². The highest BCUT2D eigenvalue weighted by Crippen LogP contribution is 2.24. The summed E-state index contributed by atoms with van der Waals surface area (Å²) < 4.78 is 20.5. The van der Waals surface area contributed by atoms with E-state index in [1.54, 1.807) is 57.2 Å². The maximum atomic E-state index is 14.5. The molecule has 0 radical (unpaired) electrons. The molecule has 17 heteroatoms. The second-order valence-corrected chi connectivity index (χ2v) is 16.3. The topological polar surface area (TPSA) is 237 Å². The van der Waals surface area contributed by atoms with Gasteiger partial charge in [-0.05, 0) is 74.4 Å². The molecule has 2 aromatic rings. The summed E-state index contributed by atoms with van der Waals surface area (Å²) in [6.07, 6.45) is 8.96. The van der Waals surface area contributed by atoms with E-state index in [4.69, 9.17) is 4.74 Å². The normalized spacial score (nSPS) is 26.0. The first-order valence-electron chi connectivity index (χ1n) is 21.1. The van der Waals surface area contributed by atoms with E-state index in [0.29, 0.717) is 17.8 Å². The minimum Gasteiger partial charge on any atom is -0.508 e. The number of rotatable bonds is 10. The number of carbonyl (C=O) groups excluding carboxylic acids is 6. The van der Waals surface area contributed by atoms with Crippen LogP contribution in [0.4, 0.5) is 10.2 Å². The molecule has 8 atom stereocenters. The van der Waals surface area contributed by atoms with Gasteiger partial charge in [0, 0.05) is 50.1 Å². The van der Waals surface area contributed by atoms with Crippen molar-refractivity contribution in [3.63, 3.8) is 0 Å². The average Bonchev–Trinajstić information content (AvgIpc) is 3.23. The molecule has 2 aliphatic heterocycles. The highest BCUT2D eigenvalue weighted by Gasteiger charge is 2.38. The number of nitrogens with zero attached hydrogens (tertiary/aromatic N) is 2. The van der Waals surface area contributed by atoms with Crippen LogP contribution >= 0.6 is 0 Å². The molecule has 340 valence electrons. The van der Waals surface area contributed by atoms with Crippen molar-refractivity contribution < 1.29 is 53.2 Å².